The Kier molecular flexibility index (Phi) is 4.52. The molecule has 2 aromatic carbocycles. The topological polar surface area (TPSA) is 72.9 Å². The third kappa shape index (κ3) is 3.52. The van der Waals surface area contributed by atoms with Crippen LogP contribution in [0.4, 0.5) is 10.1 Å². The van der Waals surface area contributed by atoms with Gasteiger partial charge in [-0.1, -0.05) is 6.07 Å². The molecule has 1 amide bonds. The molecule has 3 rings (SSSR count). The van der Waals surface area contributed by atoms with E-state index in [-0.39, 0.29) is 5.82 Å². The number of nitrogens with two attached hydrogens (primary N) is 1. The number of benzene rings is 2. The van der Waals surface area contributed by atoms with E-state index < -0.39 is 5.91 Å². The average Bonchev–Trinajstić information content (AvgIpc) is 2.88. The number of hydrogen-bond donors (Lipinski definition) is 2. The van der Waals surface area contributed by atoms with Crippen LogP contribution in [0.15, 0.2) is 48.5 Å². The minimum Gasteiger partial charge on any atom is -0.381 e. The van der Waals surface area contributed by atoms with Gasteiger partial charge in [0, 0.05) is 29.1 Å². The highest BCUT2D eigenvalue weighted by atomic mass is 19.1. The summed E-state index contributed by atoms with van der Waals surface area (Å²) in [5.41, 5.74) is 10.3. The second kappa shape index (κ2) is 6.76. The minimum absolute atomic E-state index is 0.276. The molecular formula is C19H19FN4O. The molecule has 3 aromatic rings. The van der Waals surface area contributed by atoms with Crippen molar-refractivity contribution in [3.8, 4) is 5.69 Å². The van der Waals surface area contributed by atoms with Gasteiger partial charge < -0.3 is 11.1 Å². The number of primary amides is 1. The molecule has 25 heavy (non-hydrogen) atoms. The quantitative estimate of drug-likeness (QED) is 0.749. The summed E-state index contributed by atoms with van der Waals surface area (Å²) in [5, 5.41) is 7.84. The van der Waals surface area contributed by atoms with Gasteiger partial charge in [-0.15, -0.1) is 0 Å². The Balaban J connectivity index is 1.83. The molecule has 0 aliphatic carbocycles. The highest BCUT2D eigenvalue weighted by Gasteiger charge is 2.13. The first-order valence-electron chi connectivity index (χ1n) is 7.90. The molecule has 0 fully saturated rings. The summed E-state index contributed by atoms with van der Waals surface area (Å²) >= 11 is 0. The number of rotatable bonds is 5. The average molecular weight is 338 g/mol. The molecule has 0 spiro atoms. The molecule has 128 valence electrons. The van der Waals surface area contributed by atoms with Crippen LogP contribution in [0, 0.1) is 19.7 Å². The van der Waals surface area contributed by atoms with Crippen molar-refractivity contribution in [1.29, 1.82) is 0 Å². The van der Waals surface area contributed by atoms with Crippen LogP contribution in [0.25, 0.3) is 5.69 Å². The van der Waals surface area contributed by atoms with Crippen molar-refractivity contribution in [2.24, 2.45) is 5.73 Å². The van der Waals surface area contributed by atoms with Crippen molar-refractivity contribution in [3.63, 3.8) is 0 Å². The van der Waals surface area contributed by atoms with E-state index in [1.165, 1.54) is 12.1 Å². The number of halogens is 1. The monoisotopic (exact) mass is 338 g/mol. The lowest BCUT2D eigenvalue weighted by Crippen LogP contribution is -2.11. The number of carbonyl (C=O) groups is 1. The molecule has 0 bridgehead atoms. The van der Waals surface area contributed by atoms with Gasteiger partial charge in [-0.2, -0.15) is 5.10 Å². The van der Waals surface area contributed by atoms with E-state index >= 15 is 0 Å². The fourth-order valence-corrected chi connectivity index (χ4v) is 2.74. The molecule has 0 aliphatic rings. The van der Waals surface area contributed by atoms with Crippen LogP contribution >= 0.6 is 0 Å². The Morgan fingerprint density at radius 1 is 1.20 bits per heavy atom. The van der Waals surface area contributed by atoms with Gasteiger partial charge >= 0.3 is 0 Å². The number of hydrogen-bond acceptors (Lipinski definition) is 3. The lowest BCUT2D eigenvalue weighted by atomic mass is 10.1. The third-order valence-electron chi connectivity index (χ3n) is 4.13. The molecule has 1 heterocycles. The molecule has 0 aliphatic heterocycles. The second-order valence-corrected chi connectivity index (χ2v) is 5.84. The van der Waals surface area contributed by atoms with Crippen molar-refractivity contribution in [3.05, 3.63) is 76.9 Å². The summed E-state index contributed by atoms with van der Waals surface area (Å²) in [7, 11) is 0. The van der Waals surface area contributed by atoms with Crippen molar-refractivity contribution in [1.82, 2.24) is 9.78 Å². The molecule has 1 aromatic heterocycles. The van der Waals surface area contributed by atoms with Gasteiger partial charge in [-0.25, -0.2) is 9.07 Å². The van der Waals surface area contributed by atoms with E-state index in [2.05, 4.69) is 10.4 Å². The first-order valence-corrected chi connectivity index (χ1v) is 7.90. The summed E-state index contributed by atoms with van der Waals surface area (Å²) in [6.45, 7) is 4.46. The maximum Gasteiger partial charge on any atom is 0.248 e. The van der Waals surface area contributed by atoms with Crippen LogP contribution in [0.5, 0.6) is 0 Å². The van der Waals surface area contributed by atoms with E-state index in [0.717, 1.165) is 28.3 Å². The fourth-order valence-electron chi connectivity index (χ4n) is 2.74. The highest BCUT2D eigenvalue weighted by molar-refractivity contribution is 5.93. The molecular weight excluding hydrogens is 319 g/mol. The summed E-state index contributed by atoms with van der Waals surface area (Å²) in [6.07, 6.45) is 0. The smallest absolute Gasteiger partial charge is 0.248 e. The van der Waals surface area contributed by atoms with E-state index in [1.807, 2.05) is 19.9 Å². The van der Waals surface area contributed by atoms with Crippen LogP contribution in [-0.2, 0) is 6.54 Å². The second-order valence-electron chi connectivity index (χ2n) is 5.84. The van der Waals surface area contributed by atoms with E-state index in [0.29, 0.717) is 12.1 Å². The van der Waals surface area contributed by atoms with Gasteiger partial charge in [0.05, 0.1) is 11.4 Å². The van der Waals surface area contributed by atoms with Crippen molar-refractivity contribution in [2.45, 2.75) is 20.4 Å². The van der Waals surface area contributed by atoms with Crippen LogP contribution in [-0.4, -0.2) is 15.7 Å². The van der Waals surface area contributed by atoms with Crippen molar-refractivity contribution >= 4 is 11.6 Å². The number of aromatic nitrogens is 2. The van der Waals surface area contributed by atoms with Crippen LogP contribution < -0.4 is 11.1 Å². The standard InChI is InChI=1S/C19H19FN4O/c1-12-18(11-22-16-5-3-4-14(10-16)19(21)25)13(2)24(23-12)17-8-6-15(20)7-9-17/h3-10,22H,11H2,1-2H3,(H2,21,25). The molecule has 0 radical (unpaired) electrons. The highest BCUT2D eigenvalue weighted by Crippen LogP contribution is 2.20. The Labute approximate surface area is 145 Å². The van der Waals surface area contributed by atoms with E-state index in [4.69, 9.17) is 5.73 Å². The molecule has 0 atom stereocenters. The Hall–Kier alpha value is -3.15. The summed E-state index contributed by atoms with van der Waals surface area (Å²) in [5.74, 6) is -0.735. The zero-order valence-corrected chi connectivity index (χ0v) is 14.1. The molecule has 5 nitrogen and oxygen atoms in total. The van der Waals surface area contributed by atoms with Gasteiger partial charge in [0.1, 0.15) is 5.82 Å². The van der Waals surface area contributed by atoms with Crippen LogP contribution in [0.1, 0.15) is 27.3 Å². The lowest BCUT2D eigenvalue weighted by molar-refractivity contribution is 0.100. The Morgan fingerprint density at radius 3 is 2.60 bits per heavy atom. The van der Waals surface area contributed by atoms with Gasteiger partial charge in [0.2, 0.25) is 5.91 Å². The largest absolute Gasteiger partial charge is 0.381 e. The summed E-state index contributed by atoms with van der Waals surface area (Å²) < 4.78 is 14.9. The molecule has 3 N–H and O–H groups in total. The summed E-state index contributed by atoms with van der Waals surface area (Å²) in [6, 6.07) is 13.3. The van der Waals surface area contributed by atoms with Gasteiger partial charge in [-0.3, -0.25) is 4.79 Å². The van der Waals surface area contributed by atoms with Crippen molar-refractivity contribution < 1.29 is 9.18 Å². The van der Waals surface area contributed by atoms with Gasteiger partial charge in [0.25, 0.3) is 0 Å². The normalized spacial score (nSPS) is 10.7. The van der Waals surface area contributed by atoms with Crippen molar-refractivity contribution in [2.75, 3.05) is 5.32 Å². The molecule has 0 saturated heterocycles. The third-order valence-corrected chi connectivity index (χ3v) is 4.13. The van der Waals surface area contributed by atoms with Gasteiger partial charge in [0.15, 0.2) is 0 Å². The van der Waals surface area contributed by atoms with E-state index in [1.54, 1.807) is 35.0 Å². The number of amides is 1. The maximum absolute atomic E-state index is 13.1. The molecule has 6 heteroatoms. The minimum atomic E-state index is -0.458. The Morgan fingerprint density at radius 2 is 1.92 bits per heavy atom. The SMILES string of the molecule is Cc1nn(-c2ccc(F)cc2)c(C)c1CNc1cccc(C(N)=O)c1. The summed E-state index contributed by atoms with van der Waals surface area (Å²) in [4.78, 5) is 11.3. The number of anilines is 1. The number of aryl methyl sites for hydroxylation is 1. The van der Waals surface area contributed by atoms with Gasteiger partial charge in [-0.05, 0) is 56.3 Å². The number of nitrogens with one attached hydrogen (secondary N) is 1. The fraction of sp³-hybridized carbons (Fsp3) is 0.158. The molecule has 0 saturated carbocycles. The molecule has 0 unspecified atom stereocenters. The lowest BCUT2D eigenvalue weighted by Gasteiger charge is -2.09. The first kappa shape index (κ1) is 16.7. The maximum atomic E-state index is 13.1. The predicted octanol–water partition coefficient (Wildman–Crippen LogP) is 3.34. The predicted molar refractivity (Wildman–Crippen MR) is 95.3 cm³/mol. The van der Waals surface area contributed by atoms with E-state index in [9.17, 15) is 9.18 Å². The van der Waals surface area contributed by atoms with Crippen LogP contribution in [0.2, 0.25) is 0 Å². The number of nitrogens with zero attached hydrogens (tertiary/aromatic N) is 2. The number of carbonyl (C=O) groups excluding carboxylic acids is 1. The van der Waals surface area contributed by atoms with Crippen LogP contribution in [0.3, 0.4) is 0 Å². The first-order chi connectivity index (χ1) is 12.0. The zero-order chi connectivity index (χ0) is 18.0. The zero-order valence-electron chi connectivity index (χ0n) is 14.1. The Bertz CT molecular complexity index is 916.